The molecule has 140 valence electrons. The first kappa shape index (κ1) is 17.8. The van der Waals surface area contributed by atoms with Crippen LogP contribution in [0.1, 0.15) is 34.7 Å². The van der Waals surface area contributed by atoms with Crippen LogP contribution in [0, 0.1) is 6.92 Å². The highest BCUT2D eigenvalue weighted by Gasteiger charge is 2.21. The number of nitrogens with zero attached hydrogens (tertiary/aromatic N) is 1. The number of hydrogen-bond donors (Lipinski definition) is 0. The van der Waals surface area contributed by atoms with Crippen LogP contribution in [-0.2, 0) is 0 Å². The van der Waals surface area contributed by atoms with Gasteiger partial charge in [-0.3, -0.25) is 4.79 Å². The minimum atomic E-state index is -0.205. The Bertz CT molecular complexity index is 1120. The van der Waals surface area contributed by atoms with E-state index in [1.54, 1.807) is 30.3 Å². The van der Waals surface area contributed by atoms with E-state index in [2.05, 4.69) is 4.98 Å². The van der Waals surface area contributed by atoms with Crippen molar-refractivity contribution in [3.05, 3.63) is 83.6 Å². The summed E-state index contributed by atoms with van der Waals surface area (Å²) in [5.74, 6) is 2.09. The van der Waals surface area contributed by atoms with E-state index in [1.165, 1.54) is 0 Å². The van der Waals surface area contributed by atoms with Crippen molar-refractivity contribution < 1.29 is 18.4 Å². The summed E-state index contributed by atoms with van der Waals surface area (Å²) in [6, 6.07) is 18.1. The number of carbonyl (C=O) groups excluding carboxylic acids is 1. The molecule has 2 aromatic heterocycles. The number of ketones is 1. The third-order valence-electron chi connectivity index (χ3n) is 4.24. The monoisotopic (exact) mass is 373 g/mol. The smallest absolute Gasteiger partial charge is 0.231 e. The maximum atomic E-state index is 13.3. The van der Waals surface area contributed by atoms with Crippen LogP contribution in [0.2, 0.25) is 0 Å². The van der Waals surface area contributed by atoms with Crippen molar-refractivity contribution >= 4 is 28.5 Å². The van der Waals surface area contributed by atoms with Gasteiger partial charge in [-0.1, -0.05) is 12.1 Å². The van der Waals surface area contributed by atoms with Crippen LogP contribution < -0.4 is 4.74 Å². The lowest BCUT2D eigenvalue weighted by molar-refractivity contribution is 0.105. The highest BCUT2D eigenvalue weighted by atomic mass is 16.5. The minimum absolute atomic E-state index is 0.205. The number of benzene rings is 2. The van der Waals surface area contributed by atoms with Gasteiger partial charge in [-0.25, -0.2) is 4.98 Å². The maximum absolute atomic E-state index is 13.3. The number of furan rings is 1. The maximum Gasteiger partial charge on any atom is 0.231 e. The van der Waals surface area contributed by atoms with Crippen LogP contribution in [0.5, 0.6) is 5.75 Å². The molecule has 0 N–H and O–H groups in total. The Kier molecular flexibility index (Phi) is 4.81. The SMILES string of the molecule is CCOc1ccc(C(=O)/C(=C/c2ccc(C)o2)c2nc3ccccc3o2)cc1. The Morgan fingerprint density at radius 3 is 2.50 bits per heavy atom. The summed E-state index contributed by atoms with van der Waals surface area (Å²) in [6.07, 6.45) is 1.66. The van der Waals surface area contributed by atoms with Crippen molar-refractivity contribution in [2.45, 2.75) is 13.8 Å². The molecule has 0 spiro atoms. The Morgan fingerprint density at radius 2 is 1.82 bits per heavy atom. The Hall–Kier alpha value is -3.60. The molecule has 0 amide bonds. The number of Topliss-reactive ketones (excluding diaryl/α,β-unsaturated/α-hetero) is 1. The zero-order valence-electron chi connectivity index (χ0n) is 15.6. The van der Waals surface area contributed by atoms with Crippen molar-refractivity contribution in [2.24, 2.45) is 0 Å². The second kappa shape index (κ2) is 7.56. The molecule has 0 unspecified atom stereocenters. The van der Waals surface area contributed by atoms with Gasteiger partial charge in [-0.05, 0) is 68.5 Å². The van der Waals surface area contributed by atoms with Crippen LogP contribution in [-0.4, -0.2) is 17.4 Å². The van der Waals surface area contributed by atoms with Crippen molar-refractivity contribution in [2.75, 3.05) is 6.61 Å². The van der Waals surface area contributed by atoms with E-state index in [0.717, 1.165) is 5.76 Å². The predicted molar refractivity (Wildman–Crippen MR) is 107 cm³/mol. The molecule has 2 aromatic carbocycles. The third-order valence-corrected chi connectivity index (χ3v) is 4.24. The highest BCUT2D eigenvalue weighted by molar-refractivity contribution is 6.31. The van der Waals surface area contributed by atoms with Crippen molar-refractivity contribution in [3.63, 3.8) is 0 Å². The molecule has 0 radical (unpaired) electrons. The predicted octanol–water partition coefficient (Wildman–Crippen LogP) is 5.55. The van der Waals surface area contributed by atoms with E-state index in [0.29, 0.717) is 40.4 Å². The number of fused-ring (bicyclic) bond motifs is 1. The Labute approximate surface area is 162 Å². The van der Waals surface area contributed by atoms with Crippen molar-refractivity contribution in [1.82, 2.24) is 4.98 Å². The van der Waals surface area contributed by atoms with E-state index >= 15 is 0 Å². The largest absolute Gasteiger partial charge is 0.494 e. The van der Waals surface area contributed by atoms with Crippen molar-refractivity contribution in [3.8, 4) is 5.75 Å². The molecule has 4 rings (SSSR count). The first-order chi connectivity index (χ1) is 13.6. The highest BCUT2D eigenvalue weighted by Crippen LogP contribution is 2.27. The number of rotatable bonds is 6. The van der Waals surface area contributed by atoms with Gasteiger partial charge in [-0.2, -0.15) is 0 Å². The summed E-state index contributed by atoms with van der Waals surface area (Å²) in [6.45, 7) is 4.34. The van der Waals surface area contributed by atoms with Gasteiger partial charge in [0.25, 0.3) is 0 Å². The summed E-state index contributed by atoms with van der Waals surface area (Å²) >= 11 is 0. The number of para-hydroxylation sites is 2. The molecule has 28 heavy (non-hydrogen) atoms. The lowest BCUT2D eigenvalue weighted by Gasteiger charge is -2.06. The summed E-state index contributed by atoms with van der Waals surface area (Å²) in [4.78, 5) is 17.7. The molecule has 0 aliphatic rings. The standard InChI is InChI=1S/C23H19NO4/c1-3-26-17-12-9-16(10-13-17)22(25)19(14-18-11-8-15(2)27-18)23-24-20-6-4-5-7-21(20)28-23/h4-14H,3H2,1-2H3/b19-14-. The van der Waals surface area contributed by atoms with E-state index < -0.39 is 0 Å². The quantitative estimate of drug-likeness (QED) is 0.327. The van der Waals surface area contributed by atoms with Crippen LogP contribution in [0.25, 0.3) is 22.7 Å². The van der Waals surface area contributed by atoms with Gasteiger partial charge in [-0.15, -0.1) is 0 Å². The molecule has 5 nitrogen and oxygen atoms in total. The normalized spacial score (nSPS) is 11.7. The fraction of sp³-hybridized carbons (Fsp3) is 0.130. The van der Waals surface area contributed by atoms with Gasteiger partial charge >= 0.3 is 0 Å². The number of carbonyl (C=O) groups is 1. The first-order valence-electron chi connectivity index (χ1n) is 9.05. The van der Waals surface area contributed by atoms with E-state index in [1.807, 2.05) is 50.2 Å². The molecule has 5 heteroatoms. The fourth-order valence-electron chi connectivity index (χ4n) is 2.91. The topological polar surface area (TPSA) is 65.5 Å². The van der Waals surface area contributed by atoms with Crippen LogP contribution in [0.4, 0.5) is 0 Å². The van der Waals surface area contributed by atoms with E-state index in [9.17, 15) is 4.79 Å². The lowest BCUT2D eigenvalue weighted by Crippen LogP contribution is -2.03. The van der Waals surface area contributed by atoms with E-state index in [-0.39, 0.29) is 11.7 Å². The van der Waals surface area contributed by atoms with Gasteiger partial charge < -0.3 is 13.6 Å². The second-order valence-electron chi connectivity index (χ2n) is 6.28. The molecular weight excluding hydrogens is 354 g/mol. The van der Waals surface area contributed by atoms with Crippen molar-refractivity contribution in [1.29, 1.82) is 0 Å². The van der Waals surface area contributed by atoms with Gasteiger partial charge in [0, 0.05) is 5.56 Å². The average molecular weight is 373 g/mol. The number of oxazole rings is 1. The van der Waals surface area contributed by atoms with Gasteiger partial charge in [0.15, 0.2) is 11.4 Å². The second-order valence-corrected chi connectivity index (χ2v) is 6.28. The number of aromatic nitrogens is 1. The van der Waals surface area contributed by atoms with Gasteiger partial charge in [0.1, 0.15) is 22.8 Å². The number of aryl methyl sites for hydroxylation is 1. The molecule has 2 heterocycles. The summed E-state index contributed by atoms with van der Waals surface area (Å²) in [5, 5.41) is 0. The molecule has 0 atom stereocenters. The lowest BCUT2D eigenvalue weighted by atomic mass is 10.0. The summed E-state index contributed by atoms with van der Waals surface area (Å²) in [5.41, 5.74) is 2.16. The molecule has 0 aliphatic carbocycles. The zero-order chi connectivity index (χ0) is 19.5. The first-order valence-corrected chi connectivity index (χ1v) is 9.05. The number of ether oxygens (including phenoxy) is 1. The fourth-order valence-corrected chi connectivity index (χ4v) is 2.91. The van der Waals surface area contributed by atoms with Gasteiger partial charge in [0.05, 0.1) is 12.2 Å². The molecule has 0 saturated carbocycles. The molecule has 0 aliphatic heterocycles. The third kappa shape index (κ3) is 3.60. The van der Waals surface area contributed by atoms with Crippen LogP contribution >= 0.6 is 0 Å². The summed E-state index contributed by atoms with van der Waals surface area (Å²) < 4.78 is 16.9. The molecule has 0 bridgehead atoms. The number of hydrogen-bond acceptors (Lipinski definition) is 5. The molecule has 0 saturated heterocycles. The van der Waals surface area contributed by atoms with Gasteiger partial charge in [0.2, 0.25) is 5.89 Å². The Morgan fingerprint density at radius 1 is 1.04 bits per heavy atom. The molecule has 4 aromatic rings. The zero-order valence-corrected chi connectivity index (χ0v) is 15.6. The average Bonchev–Trinajstić information content (AvgIpc) is 3.32. The molecular formula is C23H19NO4. The van der Waals surface area contributed by atoms with E-state index in [4.69, 9.17) is 13.6 Å². The molecule has 0 fully saturated rings. The Balaban J connectivity index is 1.78. The minimum Gasteiger partial charge on any atom is -0.494 e. The number of allylic oxidation sites excluding steroid dienone is 1. The van der Waals surface area contributed by atoms with Crippen LogP contribution in [0.3, 0.4) is 0 Å². The van der Waals surface area contributed by atoms with Crippen LogP contribution in [0.15, 0.2) is 69.5 Å². The summed E-state index contributed by atoms with van der Waals surface area (Å²) in [7, 11) is 0.